The third kappa shape index (κ3) is 10.5. The number of esters is 1. The molecule has 0 saturated heterocycles. The fourth-order valence-corrected chi connectivity index (χ4v) is 5.61. The van der Waals surface area contributed by atoms with E-state index in [0.717, 1.165) is 48.0 Å². The highest BCUT2D eigenvalue weighted by atomic mass is 16.5. The van der Waals surface area contributed by atoms with E-state index < -0.39 is 0 Å². The second-order valence-corrected chi connectivity index (χ2v) is 11.8. The van der Waals surface area contributed by atoms with Crippen molar-refractivity contribution in [2.24, 2.45) is 17.8 Å². The second-order valence-electron chi connectivity index (χ2n) is 11.8. The summed E-state index contributed by atoms with van der Waals surface area (Å²) < 4.78 is 11.9. The monoisotopic (exact) mass is 520 g/mol. The van der Waals surface area contributed by atoms with E-state index in [-0.39, 0.29) is 18.0 Å². The lowest BCUT2D eigenvalue weighted by Crippen LogP contribution is -2.25. The lowest BCUT2D eigenvalue weighted by Gasteiger charge is -2.27. The van der Waals surface area contributed by atoms with Crippen LogP contribution in [0.15, 0.2) is 48.5 Å². The Morgan fingerprint density at radius 2 is 1.37 bits per heavy atom. The molecule has 1 fully saturated rings. The Hall–Kier alpha value is -2.29. The van der Waals surface area contributed by atoms with E-state index in [9.17, 15) is 4.79 Å². The normalized spacial score (nSPS) is 19.1. The molecule has 210 valence electrons. The molecular weight excluding hydrogens is 468 g/mol. The minimum atomic E-state index is -0.0571. The molecule has 0 radical (unpaired) electrons. The van der Waals surface area contributed by atoms with E-state index in [0.29, 0.717) is 5.75 Å². The molecule has 2 aromatic carbocycles. The van der Waals surface area contributed by atoms with Crippen LogP contribution in [0, 0.1) is 17.8 Å². The van der Waals surface area contributed by atoms with Gasteiger partial charge in [0.25, 0.3) is 0 Å². The third-order valence-electron chi connectivity index (χ3n) is 8.50. The number of carbonyl (C=O) groups is 1. The van der Waals surface area contributed by atoms with Crippen LogP contribution in [0.4, 0.5) is 0 Å². The number of hydrogen-bond donors (Lipinski definition) is 0. The Bertz CT molecular complexity index is 909. The van der Waals surface area contributed by atoms with Gasteiger partial charge in [0.1, 0.15) is 11.5 Å². The van der Waals surface area contributed by atoms with E-state index in [1.54, 1.807) is 0 Å². The molecule has 2 atom stereocenters. The lowest BCUT2D eigenvalue weighted by molar-refractivity contribution is -0.140. The van der Waals surface area contributed by atoms with Gasteiger partial charge in [0, 0.05) is 0 Å². The number of benzene rings is 2. The second kappa shape index (κ2) is 16.6. The largest absolute Gasteiger partial charge is 0.491 e. The van der Waals surface area contributed by atoms with Gasteiger partial charge in [-0.05, 0) is 92.7 Å². The summed E-state index contributed by atoms with van der Waals surface area (Å²) in [5.41, 5.74) is 2.24. The maximum atomic E-state index is 12.8. The van der Waals surface area contributed by atoms with Crippen LogP contribution in [-0.2, 0) is 4.79 Å². The first kappa shape index (κ1) is 30.3. The van der Waals surface area contributed by atoms with Gasteiger partial charge in [0.2, 0.25) is 0 Å². The van der Waals surface area contributed by atoms with Gasteiger partial charge in [-0.3, -0.25) is 4.79 Å². The first-order valence-corrected chi connectivity index (χ1v) is 15.6. The molecule has 0 spiro atoms. The number of carbonyl (C=O) groups excluding carboxylic acids is 1. The van der Waals surface area contributed by atoms with Crippen molar-refractivity contribution in [2.45, 2.75) is 124 Å². The van der Waals surface area contributed by atoms with E-state index >= 15 is 0 Å². The van der Waals surface area contributed by atoms with Crippen molar-refractivity contribution >= 4 is 5.97 Å². The minimum Gasteiger partial charge on any atom is -0.491 e. The highest BCUT2D eigenvalue weighted by Gasteiger charge is 2.27. The highest BCUT2D eigenvalue weighted by molar-refractivity contribution is 5.75. The lowest BCUT2D eigenvalue weighted by atomic mass is 9.79. The van der Waals surface area contributed by atoms with Crippen molar-refractivity contribution in [1.29, 1.82) is 0 Å². The molecule has 1 aliphatic carbocycles. The van der Waals surface area contributed by atoms with Crippen LogP contribution in [0.1, 0.15) is 118 Å². The minimum absolute atomic E-state index is 0.0487. The average molecular weight is 521 g/mol. The predicted octanol–water partition coefficient (Wildman–Crippen LogP) is 10.4. The maximum absolute atomic E-state index is 12.8. The first-order chi connectivity index (χ1) is 18.5. The topological polar surface area (TPSA) is 35.5 Å². The van der Waals surface area contributed by atoms with Crippen molar-refractivity contribution in [2.75, 3.05) is 0 Å². The molecule has 0 aliphatic heterocycles. The molecule has 0 aromatic heterocycles. The van der Waals surface area contributed by atoms with E-state index in [4.69, 9.17) is 9.47 Å². The van der Waals surface area contributed by atoms with Crippen molar-refractivity contribution in [3.05, 3.63) is 48.5 Å². The van der Waals surface area contributed by atoms with Crippen LogP contribution >= 0.6 is 0 Å². The summed E-state index contributed by atoms with van der Waals surface area (Å²) in [7, 11) is 0. The quantitative estimate of drug-likeness (QED) is 0.125. The molecule has 2 aromatic rings. The standard InChI is InChI=1S/C35H52O3/c1-5-7-8-9-13-28(4)37-33-23-19-30(20-24-33)31-21-25-34(26-22-31)38-35(36)32-17-15-29(16-18-32)14-11-10-12-27(3)6-2/h19-29,32H,5-18H2,1-4H3/t27?,28-,29?,32?/m1/s1. The van der Waals surface area contributed by atoms with Gasteiger partial charge in [-0.15, -0.1) is 0 Å². The smallest absolute Gasteiger partial charge is 0.314 e. The molecule has 38 heavy (non-hydrogen) atoms. The Labute approximate surface area is 232 Å². The zero-order valence-corrected chi connectivity index (χ0v) is 24.6. The number of hydrogen-bond acceptors (Lipinski definition) is 3. The fraction of sp³-hybridized carbons (Fsp3) is 0.629. The third-order valence-corrected chi connectivity index (χ3v) is 8.50. The summed E-state index contributed by atoms with van der Waals surface area (Å²) in [5.74, 6) is 3.20. The van der Waals surface area contributed by atoms with Crippen molar-refractivity contribution < 1.29 is 14.3 Å². The Kier molecular flexibility index (Phi) is 13.2. The molecule has 0 N–H and O–H groups in total. The molecule has 0 bridgehead atoms. The summed E-state index contributed by atoms with van der Waals surface area (Å²) in [6.45, 7) is 9.03. The molecule has 3 heteroatoms. The number of rotatable bonds is 16. The molecule has 3 nitrogen and oxygen atoms in total. The van der Waals surface area contributed by atoms with Crippen LogP contribution in [0.25, 0.3) is 11.1 Å². The predicted molar refractivity (Wildman–Crippen MR) is 160 cm³/mol. The van der Waals surface area contributed by atoms with Crippen LogP contribution in [0.3, 0.4) is 0 Å². The zero-order valence-electron chi connectivity index (χ0n) is 24.6. The van der Waals surface area contributed by atoms with Crippen LogP contribution in [-0.4, -0.2) is 12.1 Å². The summed E-state index contributed by atoms with van der Waals surface area (Å²) >= 11 is 0. The highest BCUT2D eigenvalue weighted by Crippen LogP contribution is 2.33. The molecule has 0 heterocycles. The molecule has 1 unspecified atom stereocenters. The van der Waals surface area contributed by atoms with E-state index in [2.05, 4.69) is 39.8 Å². The van der Waals surface area contributed by atoms with Crippen molar-refractivity contribution in [3.8, 4) is 22.6 Å². The van der Waals surface area contributed by atoms with Gasteiger partial charge in [0.15, 0.2) is 0 Å². The Balaban J connectivity index is 1.39. The Morgan fingerprint density at radius 3 is 1.97 bits per heavy atom. The number of ether oxygens (including phenoxy) is 2. The SMILES string of the molecule is CCCCCC[C@@H](C)Oc1ccc(-c2ccc(OC(=O)C3CCC(CCCCC(C)CC)CC3)cc2)cc1. The van der Waals surface area contributed by atoms with Crippen LogP contribution < -0.4 is 9.47 Å². The zero-order chi connectivity index (χ0) is 27.2. The van der Waals surface area contributed by atoms with Gasteiger partial charge in [-0.25, -0.2) is 0 Å². The fourth-order valence-electron chi connectivity index (χ4n) is 5.61. The Morgan fingerprint density at radius 1 is 0.763 bits per heavy atom. The van der Waals surface area contributed by atoms with Crippen LogP contribution in [0.2, 0.25) is 0 Å². The maximum Gasteiger partial charge on any atom is 0.314 e. The van der Waals surface area contributed by atoms with Gasteiger partial charge in [-0.1, -0.05) is 96.4 Å². The summed E-state index contributed by atoms with van der Waals surface area (Å²) in [5, 5.41) is 0. The summed E-state index contributed by atoms with van der Waals surface area (Å²) in [4.78, 5) is 12.8. The number of unbranched alkanes of at least 4 members (excludes halogenated alkanes) is 4. The van der Waals surface area contributed by atoms with E-state index in [1.807, 2.05) is 36.4 Å². The summed E-state index contributed by atoms with van der Waals surface area (Å²) in [6.07, 6.45) is 17.3. The molecule has 1 saturated carbocycles. The molecule has 1 aliphatic rings. The first-order valence-electron chi connectivity index (χ1n) is 15.6. The average Bonchev–Trinajstić information content (AvgIpc) is 2.94. The van der Waals surface area contributed by atoms with Gasteiger partial charge >= 0.3 is 5.97 Å². The van der Waals surface area contributed by atoms with Crippen molar-refractivity contribution in [1.82, 2.24) is 0 Å². The molecular formula is C35H52O3. The van der Waals surface area contributed by atoms with Gasteiger partial charge < -0.3 is 9.47 Å². The molecule has 3 rings (SSSR count). The molecule has 0 amide bonds. The van der Waals surface area contributed by atoms with E-state index in [1.165, 1.54) is 70.6 Å². The van der Waals surface area contributed by atoms with Crippen molar-refractivity contribution in [3.63, 3.8) is 0 Å². The van der Waals surface area contributed by atoms with Crippen LogP contribution in [0.5, 0.6) is 11.5 Å². The summed E-state index contributed by atoms with van der Waals surface area (Å²) in [6, 6.07) is 16.2. The van der Waals surface area contributed by atoms with Gasteiger partial charge in [0.05, 0.1) is 12.0 Å². The van der Waals surface area contributed by atoms with Gasteiger partial charge in [-0.2, -0.15) is 0 Å².